The van der Waals surface area contributed by atoms with Crippen molar-refractivity contribution in [3.8, 4) is 0 Å². The summed E-state index contributed by atoms with van der Waals surface area (Å²) in [6.45, 7) is 4.15. The van der Waals surface area contributed by atoms with Crippen LogP contribution in [0.15, 0.2) is 24.5 Å². The smallest absolute Gasteiger partial charge is 0.321 e. The van der Waals surface area contributed by atoms with Crippen LogP contribution >= 0.6 is 0 Å². The number of carbonyl (C=O) groups is 1. The number of likely N-dealkylation sites (tertiary alicyclic amines) is 1. The van der Waals surface area contributed by atoms with Crippen LogP contribution < -0.4 is 10.2 Å². The Morgan fingerprint density at radius 2 is 2.03 bits per heavy atom. The molecule has 168 valence electrons. The molecule has 1 saturated carbocycles. The number of nitrogens with zero attached hydrogens (tertiary/aromatic N) is 5. The number of aryl methyl sites for hydroxylation is 1. The van der Waals surface area contributed by atoms with Gasteiger partial charge in [0.05, 0.1) is 5.69 Å². The second-order valence-corrected chi connectivity index (χ2v) is 8.76. The van der Waals surface area contributed by atoms with Gasteiger partial charge >= 0.3 is 6.03 Å². The van der Waals surface area contributed by atoms with Crippen LogP contribution in [-0.2, 0) is 6.54 Å². The number of carbonyl (C=O) groups excluding carboxylic acids is 1. The summed E-state index contributed by atoms with van der Waals surface area (Å²) in [4.78, 5) is 16.7. The van der Waals surface area contributed by atoms with E-state index in [4.69, 9.17) is 0 Å². The number of rotatable bonds is 5. The lowest BCUT2D eigenvalue weighted by atomic mass is 9.94. The van der Waals surface area contributed by atoms with Crippen LogP contribution in [0.25, 0.3) is 0 Å². The van der Waals surface area contributed by atoms with E-state index in [2.05, 4.69) is 27.3 Å². The maximum atomic E-state index is 14.9. The Balaban J connectivity index is 1.39. The second-order valence-electron chi connectivity index (χ2n) is 8.76. The van der Waals surface area contributed by atoms with Gasteiger partial charge in [0.25, 0.3) is 0 Å². The first-order valence-electron chi connectivity index (χ1n) is 11.5. The van der Waals surface area contributed by atoms with Crippen LogP contribution in [0.3, 0.4) is 0 Å². The largest absolute Gasteiger partial charge is 0.369 e. The number of nitrogens with one attached hydrogen (secondary N) is 1. The van der Waals surface area contributed by atoms with Crippen LogP contribution in [0, 0.1) is 5.82 Å². The van der Waals surface area contributed by atoms with Gasteiger partial charge in [-0.2, -0.15) is 0 Å². The van der Waals surface area contributed by atoms with E-state index in [1.165, 1.54) is 25.3 Å². The molecular formula is C23H33FN6O. The molecule has 1 N–H and O–H groups in total. The van der Waals surface area contributed by atoms with Crippen LogP contribution in [-0.4, -0.2) is 51.9 Å². The van der Waals surface area contributed by atoms with Gasteiger partial charge in [-0.1, -0.05) is 19.3 Å². The third-order valence-electron chi connectivity index (χ3n) is 6.76. The van der Waals surface area contributed by atoms with Gasteiger partial charge in [0.2, 0.25) is 0 Å². The quantitative estimate of drug-likeness (QED) is 0.755. The minimum absolute atomic E-state index is 0.171. The topological polar surface area (TPSA) is 66.3 Å². The number of urea groups is 1. The Morgan fingerprint density at radius 3 is 2.77 bits per heavy atom. The number of aromatic nitrogens is 3. The molecule has 1 aliphatic heterocycles. The molecule has 7 nitrogen and oxygen atoms in total. The number of benzene rings is 1. The fourth-order valence-electron chi connectivity index (χ4n) is 4.93. The van der Waals surface area contributed by atoms with Crippen molar-refractivity contribution in [1.29, 1.82) is 0 Å². The molecule has 2 heterocycles. The number of anilines is 2. The highest BCUT2D eigenvalue weighted by Gasteiger charge is 2.28. The van der Waals surface area contributed by atoms with Crippen LogP contribution in [0.1, 0.15) is 63.6 Å². The van der Waals surface area contributed by atoms with Gasteiger partial charge in [0, 0.05) is 44.3 Å². The molecule has 0 spiro atoms. The van der Waals surface area contributed by atoms with Gasteiger partial charge in [-0.05, 0) is 50.8 Å². The van der Waals surface area contributed by atoms with Crippen molar-refractivity contribution >= 4 is 17.4 Å². The normalized spacial score (nSPS) is 20.0. The average Bonchev–Trinajstić information content (AvgIpc) is 3.28. The molecule has 0 radical (unpaired) electrons. The van der Waals surface area contributed by atoms with E-state index in [0.717, 1.165) is 38.1 Å². The standard InChI is InChI=1S/C23H33FN6O/c1-3-29-16-25-27-22(29)17-8-7-13-30(15-17)23(31)26-18-11-12-21(20(24)14-18)28(2)19-9-5-4-6-10-19/h11-12,14,16-17,19H,3-10,13,15H2,1-2H3,(H,26,31). The average molecular weight is 429 g/mol. The first-order valence-corrected chi connectivity index (χ1v) is 11.5. The van der Waals surface area contributed by atoms with E-state index in [-0.39, 0.29) is 17.8 Å². The molecule has 2 aliphatic rings. The number of hydrogen-bond acceptors (Lipinski definition) is 4. The minimum atomic E-state index is -0.293. The zero-order chi connectivity index (χ0) is 21.8. The SMILES string of the molecule is CCn1cnnc1C1CCCN(C(=O)Nc2ccc(N(C)C3CCCCC3)c(F)c2)C1. The zero-order valence-electron chi connectivity index (χ0n) is 18.6. The lowest BCUT2D eigenvalue weighted by Gasteiger charge is -2.33. The summed E-state index contributed by atoms with van der Waals surface area (Å²) in [6.07, 6.45) is 9.53. The van der Waals surface area contributed by atoms with Gasteiger partial charge in [0.15, 0.2) is 0 Å². The molecule has 2 fully saturated rings. The predicted molar refractivity (Wildman–Crippen MR) is 120 cm³/mol. The first kappa shape index (κ1) is 21.6. The lowest BCUT2D eigenvalue weighted by molar-refractivity contribution is 0.190. The van der Waals surface area contributed by atoms with Gasteiger partial charge < -0.3 is 19.7 Å². The Hall–Kier alpha value is -2.64. The highest BCUT2D eigenvalue weighted by Crippen LogP contribution is 2.30. The van der Waals surface area contributed by atoms with Crippen LogP contribution in [0.4, 0.5) is 20.6 Å². The van der Waals surface area contributed by atoms with Crippen LogP contribution in [0.2, 0.25) is 0 Å². The minimum Gasteiger partial charge on any atom is -0.369 e. The second kappa shape index (κ2) is 9.66. The summed E-state index contributed by atoms with van der Waals surface area (Å²) in [7, 11) is 1.97. The number of amides is 2. The van der Waals surface area contributed by atoms with Gasteiger partial charge in [-0.3, -0.25) is 0 Å². The molecule has 1 aromatic heterocycles. The van der Waals surface area contributed by atoms with E-state index in [0.29, 0.717) is 30.5 Å². The highest BCUT2D eigenvalue weighted by atomic mass is 19.1. The molecule has 8 heteroatoms. The molecule has 4 rings (SSSR count). The number of hydrogen-bond donors (Lipinski definition) is 1. The Labute approximate surface area is 183 Å². The Bertz CT molecular complexity index is 894. The molecule has 31 heavy (non-hydrogen) atoms. The van der Waals surface area contributed by atoms with E-state index < -0.39 is 0 Å². The van der Waals surface area contributed by atoms with E-state index in [9.17, 15) is 9.18 Å². The van der Waals surface area contributed by atoms with Crippen molar-refractivity contribution in [1.82, 2.24) is 19.7 Å². The summed E-state index contributed by atoms with van der Waals surface area (Å²) < 4.78 is 16.9. The predicted octanol–water partition coefficient (Wildman–Crippen LogP) is 4.62. The summed E-state index contributed by atoms with van der Waals surface area (Å²) >= 11 is 0. The molecule has 0 bridgehead atoms. The molecule has 2 amide bonds. The highest BCUT2D eigenvalue weighted by molar-refractivity contribution is 5.89. The molecule has 1 aromatic carbocycles. The van der Waals surface area contributed by atoms with E-state index >= 15 is 0 Å². The van der Waals surface area contributed by atoms with Gasteiger partial charge in [0.1, 0.15) is 18.0 Å². The zero-order valence-corrected chi connectivity index (χ0v) is 18.6. The lowest BCUT2D eigenvalue weighted by Crippen LogP contribution is -2.42. The van der Waals surface area contributed by atoms with Crippen molar-refractivity contribution < 1.29 is 9.18 Å². The molecule has 1 unspecified atom stereocenters. The fraction of sp³-hybridized carbons (Fsp3) is 0.609. The summed E-state index contributed by atoms with van der Waals surface area (Å²) in [5, 5.41) is 11.2. The molecule has 2 aromatic rings. The fourth-order valence-corrected chi connectivity index (χ4v) is 4.93. The molecular weight excluding hydrogens is 395 g/mol. The summed E-state index contributed by atoms with van der Waals surface area (Å²) in [5.41, 5.74) is 1.09. The molecule has 1 saturated heterocycles. The van der Waals surface area contributed by atoms with Crippen LogP contribution in [0.5, 0.6) is 0 Å². The third-order valence-corrected chi connectivity index (χ3v) is 6.76. The molecule has 1 aliphatic carbocycles. The van der Waals surface area contributed by atoms with Crippen molar-refractivity contribution in [2.45, 2.75) is 70.4 Å². The van der Waals surface area contributed by atoms with Crippen molar-refractivity contribution in [2.24, 2.45) is 0 Å². The molecule has 1 atom stereocenters. The van der Waals surface area contributed by atoms with Crippen molar-refractivity contribution in [2.75, 3.05) is 30.4 Å². The Kier molecular flexibility index (Phi) is 6.73. The monoisotopic (exact) mass is 428 g/mol. The van der Waals surface area contributed by atoms with Gasteiger partial charge in [-0.25, -0.2) is 9.18 Å². The third kappa shape index (κ3) is 4.83. The van der Waals surface area contributed by atoms with Crippen molar-refractivity contribution in [3.05, 3.63) is 36.2 Å². The number of halogens is 1. The van der Waals surface area contributed by atoms with E-state index in [1.54, 1.807) is 23.4 Å². The van der Waals surface area contributed by atoms with E-state index in [1.807, 2.05) is 11.6 Å². The van der Waals surface area contributed by atoms with Gasteiger partial charge in [-0.15, -0.1) is 10.2 Å². The van der Waals surface area contributed by atoms with Crippen molar-refractivity contribution in [3.63, 3.8) is 0 Å². The maximum absolute atomic E-state index is 14.9. The Morgan fingerprint density at radius 1 is 1.23 bits per heavy atom. The first-order chi connectivity index (χ1) is 15.1. The summed E-state index contributed by atoms with van der Waals surface area (Å²) in [5.74, 6) is 0.810. The maximum Gasteiger partial charge on any atom is 0.321 e. The number of piperidine rings is 1. The summed E-state index contributed by atoms with van der Waals surface area (Å²) in [6, 6.07) is 5.20.